The number of amides is 1. The molecule has 2 rings (SSSR count). The summed E-state index contributed by atoms with van der Waals surface area (Å²) < 4.78 is 11.3. The van der Waals surface area contributed by atoms with Gasteiger partial charge in [0.05, 0.1) is 0 Å². The summed E-state index contributed by atoms with van der Waals surface area (Å²) in [5.41, 5.74) is -0.548. The molecule has 2 heterocycles. The average Bonchev–Trinajstić information content (AvgIpc) is 2.46. The van der Waals surface area contributed by atoms with Crippen LogP contribution in [0, 0.1) is 0 Å². The van der Waals surface area contributed by atoms with E-state index in [1.807, 2.05) is 20.8 Å². The topological polar surface area (TPSA) is 84.8 Å². The van der Waals surface area contributed by atoms with Crippen LogP contribution < -0.4 is 4.74 Å². The number of hydrogen-bond acceptors (Lipinski definition) is 6. The molecule has 1 N–H and O–H groups in total. The Kier molecular flexibility index (Phi) is 5.41. The van der Waals surface area contributed by atoms with Crippen LogP contribution in [0.4, 0.5) is 4.79 Å². The zero-order valence-electron chi connectivity index (χ0n) is 14.2. The van der Waals surface area contributed by atoms with E-state index in [2.05, 4.69) is 9.97 Å². The van der Waals surface area contributed by atoms with Crippen molar-refractivity contribution < 1.29 is 19.4 Å². The lowest BCUT2D eigenvalue weighted by atomic mass is 10.1. The van der Waals surface area contributed by atoms with Crippen LogP contribution in [-0.2, 0) is 4.74 Å². The Labute approximate surface area is 136 Å². The molecule has 7 heteroatoms. The van der Waals surface area contributed by atoms with Crippen molar-refractivity contribution in [3.63, 3.8) is 0 Å². The summed E-state index contributed by atoms with van der Waals surface area (Å²) in [6.45, 7) is 7.69. The summed E-state index contributed by atoms with van der Waals surface area (Å²) in [6, 6.07) is 1.62. The number of carbonyl (C=O) groups is 1. The fourth-order valence-corrected chi connectivity index (χ4v) is 2.32. The van der Waals surface area contributed by atoms with Gasteiger partial charge >= 0.3 is 6.09 Å². The van der Waals surface area contributed by atoms with Gasteiger partial charge in [0.15, 0.2) is 12.1 Å². The number of aliphatic hydroxyl groups excluding tert-OH is 1. The van der Waals surface area contributed by atoms with Gasteiger partial charge in [-0.05, 0) is 40.5 Å². The van der Waals surface area contributed by atoms with Crippen LogP contribution in [0.15, 0.2) is 12.3 Å². The smallest absolute Gasteiger partial charge is 0.413 e. The van der Waals surface area contributed by atoms with Gasteiger partial charge in [-0.15, -0.1) is 0 Å². The zero-order chi connectivity index (χ0) is 17.0. The van der Waals surface area contributed by atoms with E-state index < -0.39 is 17.9 Å². The van der Waals surface area contributed by atoms with Crippen molar-refractivity contribution >= 4 is 6.09 Å². The molecule has 0 bridgehead atoms. The highest BCUT2D eigenvalue weighted by molar-refractivity contribution is 5.68. The van der Waals surface area contributed by atoms with Crippen LogP contribution in [0.2, 0.25) is 0 Å². The van der Waals surface area contributed by atoms with Crippen molar-refractivity contribution in [1.82, 2.24) is 14.9 Å². The number of aromatic nitrogens is 2. The molecule has 1 aliphatic rings. The van der Waals surface area contributed by atoms with Crippen LogP contribution in [-0.4, -0.2) is 44.4 Å². The Morgan fingerprint density at radius 2 is 2.17 bits per heavy atom. The van der Waals surface area contributed by atoms with Crippen LogP contribution in [0.5, 0.6) is 5.88 Å². The molecule has 0 aliphatic carbocycles. The normalized spacial score (nSPS) is 20.0. The third-order valence-corrected chi connectivity index (χ3v) is 3.35. The van der Waals surface area contributed by atoms with Gasteiger partial charge in [0, 0.05) is 25.2 Å². The highest BCUT2D eigenvalue weighted by atomic mass is 16.6. The first-order valence-corrected chi connectivity index (χ1v) is 7.93. The van der Waals surface area contributed by atoms with Crippen LogP contribution in [0.25, 0.3) is 0 Å². The predicted molar refractivity (Wildman–Crippen MR) is 83.9 cm³/mol. The van der Waals surface area contributed by atoms with E-state index in [1.165, 1.54) is 6.20 Å². The first-order chi connectivity index (χ1) is 10.8. The molecule has 23 heavy (non-hydrogen) atoms. The maximum atomic E-state index is 12.3. The van der Waals surface area contributed by atoms with Gasteiger partial charge in [-0.1, -0.05) is 0 Å². The van der Waals surface area contributed by atoms with E-state index in [0.717, 1.165) is 12.8 Å². The van der Waals surface area contributed by atoms with E-state index in [4.69, 9.17) is 9.47 Å². The van der Waals surface area contributed by atoms with Crippen LogP contribution in [0.1, 0.15) is 58.9 Å². The van der Waals surface area contributed by atoms with E-state index in [-0.39, 0.29) is 6.09 Å². The summed E-state index contributed by atoms with van der Waals surface area (Å²) in [5, 5.41) is 9.56. The molecule has 2 unspecified atom stereocenters. The summed E-state index contributed by atoms with van der Waals surface area (Å²) in [4.78, 5) is 22.1. The Morgan fingerprint density at radius 1 is 1.43 bits per heavy atom. The summed E-state index contributed by atoms with van der Waals surface area (Å²) in [6.07, 6.45) is 2.56. The van der Waals surface area contributed by atoms with Crippen molar-refractivity contribution in [2.75, 3.05) is 6.54 Å². The van der Waals surface area contributed by atoms with Gasteiger partial charge in [0.25, 0.3) is 0 Å². The van der Waals surface area contributed by atoms with Crippen molar-refractivity contribution in [3.8, 4) is 5.88 Å². The van der Waals surface area contributed by atoms with Crippen LogP contribution in [0.3, 0.4) is 0 Å². The number of rotatable bonds is 3. The number of ether oxygens (including phenoxy) is 2. The third-order valence-electron chi connectivity index (χ3n) is 3.35. The Hall–Kier alpha value is -1.89. The van der Waals surface area contributed by atoms with E-state index in [0.29, 0.717) is 24.7 Å². The van der Waals surface area contributed by atoms with E-state index in [1.54, 1.807) is 17.9 Å². The largest absolute Gasteiger partial charge is 0.453 e. The lowest BCUT2D eigenvalue weighted by Gasteiger charge is -2.36. The second-order valence-corrected chi connectivity index (χ2v) is 6.67. The minimum atomic E-state index is -0.771. The maximum Gasteiger partial charge on any atom is 0.413 e. The SMILES string of the molecule is CC(O)c1nccc(OC2CCCCN2C(=O)OC(C)(C)C)n1. The lowest BCUT2D eigenvalue weighted by molar-refractivity contribution is -0.0358. The van der Waals surface area contributed by atoms with Crippen molar-refractivity contribution in [1.29, 1.82) is 0 Å². The molecule has 0 saturated carbocycles. The van der Waals surface area contributed by atoms with Crippen molar-refractivity contribution in [2.24, 2.45) is 0 Å². The quantitative estimate of drug-likeness (QED) is 0.920. The molecule has 0 spiro atoms. The minimum absolute atomic E-state index is 0.294. The minimum Gasteiger partial charge on any atom is -0.453 e. The third kappa shape index (κ3) is 5.06. The molecular formula is C16H25N3O4. The number of likely N-dealkylation sites (tertiary alicyclic amines) is 1. The molecule has 1 amide bonds. The average molecular weight is 323 g/mol. The highest BCUT2D eigenvalue weighted by Gasteiger charge is 2.32. The summed E-state index contributed by atoms with van der Waals surface area (Å²) in [7, 11) is 0. The number of nitrogens with zero attached hydrogens (tertiary/aromatic N) is 3. The van der Waals surface area contributed by atoms with Crippen LogP contribution >= 0.6 is 0 Å². The molecule has 1 aromatic heterocycles. The lowest BCUT2D eigenvalue weighted by Crippen LogP contribution is -2.48. The number of aliphatic hydroxyl groups is 1. The number of hydrogen-bond donors (Lipinski definition) is 1. The van der Waals surface area contributed by atoms with Crippen molar-refractivity contribution in [2.45, 2.75) is 64.9 Å². The maximum absolute atomic E-state index is 12.3. The van der Waals surface area contributed by atoms with Crippen molar-refractivity contribution in [3.05, 3.63) is 18.1 Å². The van der Waals surface area contributed by atoms with Gasteiger partial charge in [-0.2, -0.15) is 4.98 Å². The standard InChI is InChI=1S/C16H25N3O4/c1-11(20)14-17-9-8-12(18-14)22-13-7-5-6-10-19(13)15(21)23-16(2,3)4/h8-9,11,13,20H,5-7,10H2,1-4H3. The molecule has 2 atom stereocenters. The van der Waals surface area contributed by atoms with Gasteiger partial charge in [0.1, 0.15) is 11.7 Å². The van der Waals surface area contributed by atoms with E-state index in [9.17, 15) is 9.90 Å². The van der Waals surface area contributed by atoms with Gasteiger partial charge in [0.2, 0.25) is 5.88 Å². The van der Waals surface area contributed by atoms with E-state index >= 15 is 0 Å². The second kappa shape index (κ2) is 7.12. The van der Waals surface area contributed by atoms with Gasteiger partial charge in [-0.3, -0.25) is 4.90 Å². The Balaban J connectivity index is 2.09. The summed E-state index contributed by atoms with van der Waals surface area (Å²) >= 11 is 0. The second-order valence-electron chi connectivity index (χ2n) is 6.67. The first kappa shape index (κ1) is 17.5. The number of piperidine rings is 1. The monoisotopic (exact) mass is 323 g/mol. The Bertz CT molecular complexity index is 542. The molecule has 128 valence electrons. The highest BCUT2D eigenvalue weighted by Crippen LogP contribution is 2.23. The number of carbonyl (C=O) groups excluding carboxylic acids is 1. The molecule has 0 radical (unpaired) electrons. The molecule has 1 aliphatic heterocycles. The first-order valence-electron chi connectivity index (χ1n) is 7.93. The van der Waals surface area contributed by atoms with Gasteiger partial charge in [-0.25, -0.2) is 9.78 Å². The molecule has 1 fully saturated rings. The predicted octanol–water partition coefficient (Wildman–Crippen LogP) is 2.66. The fraction of sp³-hybridized carbons (Fsp3) is 0.688. The fourth-order valence-electron chi connectivity index (χ4n) is 2.32. The molecular weight excluding hydrogens is 298 g/mol. The molecule has 0 aromatic carbocycles. The molecule has 1 saturated heterocycles. The Morgan fingerprint density at radius 3 is 2.83 bits per heavy atom. The molecule has 1 aromatic rings. The summed E-state index contributed by atoms with van der Waals surface area (Å²) in [5.74, 6) is 0.637. The van der Waals surface area contributed by atoms with Gasteiger partial charge < -0.3 is 14.6 Å². The zero-order valence-corrected chi connectivity index (χ0v) is 14.2. The molecule has 7 nitrogen and oxygen atoms in total.